The zero-order valence-electron chi connectivity index (χ0n) is 34.2. The van der Waals surface area contributed by atoms with E-state index in [2.05, 4.69) is 31.2 Å². The number of ether oxygens (including phenoxy) is 2. The molecule has 0 aliphatic rings. The predicted octanol–water partition coefficient (Wildman–Crippen LogP) is 5.75. The molecule has 0 saturated heterocycles. The van der Waals surface area contributed by atoms with Crippen molar-refractivity contribution >= 4 is 24.0 Å². The Kier molecular flexibility index (Phi) is 16.8. The number of carbonyl (C=O) groups is 4. The molecule has 15 heteroatoms. The van der Waals surface area contributed by atoms with Crippen LogP contribution in [0.3, 0.4) is 0 Å². The number of aliphatic hydroxyl groups excluding tert-OH is 1. The Morgan fingerprint density at radius 2 is 1.03 bits per heavy atom. The van der Waals surface area contributed by atoms with Gasteiger partial charge in [0.05, 0.1) is 23.5 Å². The maximum absolute atomic E-state index is 17.0. The van der Waals surface area contributed by atoms with Gasteiger partial charge in [-0.3, -0.25) is 19.6 Å². The third kappa shape index (κ3) is 14.1. The van der Waals surface area contributed by atoms with Gasteiger partial charge in [0.1, 0.15) is 31.4 Å². The number of pyridine rings is 2. The number of hydrogen-bond acceptors (Lipinski definition) is 9. The van der Waals surface area contributed by atoms with Gasteiger partial charge in [-0.2, -0.15) is 0 Å². The van der Waals surface area contributed by atoms with Crippen molar-refractivity contribution < 1.29 is 42.5 Å². The molecule has 316 valence electrons. The largest absolute Gasteiger partial charge is 0.443 e. The van der Waals surface area contributed by atoms with Gasteiger partial charge in [-0.1, -0.05) is 100 Å². The molecule has 2 heterocycles. The minimum absolute atomic E-state index is 0.171. The number of nitrogens with one attached hydrogen (secondary N) is 4. The summed E-state index contributed by atoms with van der Waals surface area (Å²) in [4.78, 5) is 62.0. The van der Waals surface area contributed by atoms with Crippen LogP contribution in [0.5, 0.6) is 0 Å². The highest BCUT2D eigenvalue weighted by Crippen LogP contribution is 2.30. The summed E-state index contributed by atoms with van der Waals surface area (Å²) in [6.45, 7) is 9.79. The fourth-order valence-electron chi connectivity index (χ4n) is 6.30. The average Bonchev–Trinajstić information content (AvgIpc) is 3.20. The molecule has 4 amide bonds. The molecule has 2 aromatic carbocycles. The van der Waals surface area contributed by atoms with Gasteiger partial charge in [-0.25, -0.2) is 18.4 Å². The number of benzene rings is 2. The first kappa shape index (κ1) is 45.7. The predicted molar refractivity (Wildman–Crippen MR) is 217 cm³/mol. The van der Waals surface area contributed by atoms with Crippen LogP contribution in [0.25, 0.3) is 0 Å². The lowest BCUT2D eigenvalue weighted by atomic mass is 9.89. The van der Waals surface area contributed by atoms with Crippen molar-refractivity contribution in [2.75, 3.05) is 0 Å². The van der Waals surface area contributed by atoms with Gasteiger partial charge in [0.2, 0.25) is 11.8 Å². The number of rotatable bonds is 19. The minimum Gasteiger partial charge on any atom is -0.443 e. The fraction of sp³-hybridized carbons (Fsp3) is 0.409. The SMILES string of the molecule is Cc1cccc(COC(=O)N[C@H](C(=O)N[C@@H](Cc2ccccc2)C(F)(F)[C@H](O)[C@@H](Cc2ccccc2)NC(=O)[C@@H](NC(=O)OCc2cccc(C)n2)C(C)C)C(C)C)n1. The van der Waals surface area contributed by atoms with E-state index >= 15 is 8.78 Å². The molecule has 5 atom stereocenters. The summed E-state index contributed by atoms with van der Waals surface area (Å²) >= 11 is 0. The lowest BCUT2D eigenvalue weighted by Gasteiger charge is -2.37. The lowest BCUT2D eigenvalue weighted by molar-refractivity contribution is -0.154. The van der Waals surface area contributed by atoms with E-state index in [1.54, 1.807) is 139 Å². The number of nitrogens with zero attached hydrogens (tertiary/aromatic N) is 2. The molecule has 0 saturated carbocycles. The number of aromatic nitrogens is 2. The van der Waals surface area contributed by atoms with E-state index < -0.39 is 78.5 Å². The first-order valence-electron chi connectivity index (χ1n) is 19.5. The molecule has 2 aromatic heterocycles. The number of hydrogen-bond donors (Lipinski definition) is 5. The Morgan fingerprint density at radius 1 is 0.610 bits per heavy atom. The maximum atomic E-state index is 17.0. The van der Waals surface area contributed by atoms with Crippen molar-refractivity contribution in [1.29, 1.82) is 0 Å². The van der Waals surface area contributed by atoms with E-state index in [1.807, 2.05) is 0 Å². The monoisotopic (exact) mass is 816 g/mol. The number of amides is 4. The zero-order chi connectivity index (χ0) is 43.1. The second-order valence-corrected chi connectivity index (χ2v) is 15.1. The third-order valence-corrected chi connectivity index (χ3v) is 9.50. The summed E-state index contributed by atoms with van der Waals surface area (Å²) in [6.07, 6.45) is -5.11. The van der Waals surface area contributed by atoms with Crippen molar-refractivity contribution in [3.05, 3.63) is 131 Å². The molecule has 0 spiro atoms. The van der Waals surface area contributed by atoms with Gasteiger partial charge in [0, 0.05) is 11.4 Å². The molecule has 0 aliphatic carbocycles. The van der Waals surface area contributed by atoms with Crippen molar-refractivity contribution in [2.24, 2.45) is 11.8 Å². The van der Waals surface area contributed by atoms with Crippen LogP contribution < -0.4 is 21.3 Å². The van der Waals surface area contributed by atoms with Gasteiger partial charge in [0.25, 0.3) is 5.92 Å². The number of aliphatic hydroxyl groups is 1. The van der Waals surface area contributed by atoms with Crippen LogP contribution in [0.2, 0.25) is 0 Å². The minimum atomic E-state index is -4.09. The third-order valence-electron chi connectivity index (χ3n) is 9.50. The summed E-state index contributed by atoms with van der Waals surface area (Å²) in [6, 6.07) is 20.9. The number of carbonyl (C=O) groups excluding carboxylic acids is 4. The lowest BCUT2D eigenvalue weighted by Crippen LogP contribution is -2.64. The molecule has 0 radical (unpaired) electrons. The van der Waals surface area contributed by atoms with E-state index in [0.717, 1.165) is 5.69 Å². The topological polar surface area (TPSA) is 181 Å². The average molecular weight is 817 g/mol. The van der Waals surface area contributed by atoms with Crippen LogP contribution in [-0.4, -0.2) is 75.3 Å². The zero-order valence-corrected chi connectivity index (χ0v) is 34.2. The van der Waals surface area contributed by atoms with Crippen LogP contribution in [0.1, 0.15) is 61.6 Å². The van der Waals surface area contributed by atoms with Crippen molar-refractivity contribution in [3.8, 4) is 0 Å². The highest BCUT2D eigenvalue weighted by molar-refractivity contribution is 5.87. The molecule has 13 nitrogen and oxygen atoms in total. The molecule has 4 aromatic rings. The molecule has 5 N–H and O–H groups in total. The molecule has 0 aliphatic heterocycles. The maximum Gasteiger partial charge on any atom is 0.408 e. The van der Waals surface area contributed by atoms with Gasteiger partial charge in [-0.05, 0) is 73.9 Å². The fourth-order valence-corrected chi connectivity index (χ4v) is 6.30. The smallest absolute Gasteiger partial charge is 0.408 e. The van der Waals surface area contributed by atoms with Gasteiger partial charge >= 0.3 is 12.2 Å². The van der Waals surface area contributed by atoms with Crippen molar-refractivity contribution in [3.63, 3.8) is 0 Å². The number of halogens is 2. The summed E-state index contributed by atoms with van der Waals surface area (Å²) < 4.78 is 44.6. The van der Waals surface area contributed by atoms with Crippen molar-refractivity contribution in [1.82, 2.24) is 31.2 Å². The molecule has 0 fully saturated rings. The standard InChI is InChI=1S/C44H54F2N6O7/c1-27(2)37(51-42(56)58-25-33-21-13-15-29(5)47-33)40(54)49-35(23-31-17-9-7-10-18-31)39(53)44(45,46)36(24-32-19-11-8-12-20-32)50-41(55)38(28(3)4)52-43(57)59-26-34-22-14-16-30(6)48-34/h7-22,27-28,35-39,53H,23-26H2,1-6H3,(H,49,54)(H,50,55)(H,51,56)(H,52,57)/t35-,36+,37+,38+,39-/m1/s1. The Labute approximate surface area is 343 Å². The normalized spacial score (nSPS) is 14.0. The quantitative estimate of drug-likeness (QED) is 0.0788. The highest BCUT2D eigenvalue weighted by atomic mass is 19.3. The van der Waals surface area contributed by atoms with Gasteiger partial charge < -0.3 is 35.8 Å². The Morgan fingerprint density at radius 3 is 1.46 bits per heavy atom. The van der Waals surface area contributed by atoms with E-state index in [9.17, 15) is 24.3 Å². The first-order valence-corrected chi connectivity index (χ1v) is 19.5. The first-order chi connectivity index (χ1) is 28.0. The molecule has 4 rings (SSSR count). The molecular formula is C44H54F2N6O7. The Bertz CT molecular complexity index is 1990. The highest BCUT2D eigenvalue weighted by Gasteiger charge is 2.51. The van der Waals surface area contributed by atoms with Crippen LogP contribution in [0.4, 0.5) is 18.4 Å². The number of alkyl halides is 2. The number of alkyl carbamates (subject to hydrolysis) is 2. The van der Waals surface area contributed by atoms with Crippen LogP contribution in [0, 0.1) is 25.7 Å². The van der Waals surface area contributed by atoms with E-state index in [1.165, 1.54) is 0 Å². The number of aryl methyl sites for hydroxylation is 2. The van der Waals surface area contributed by atoms with Crippen LogP contribution >= 0.6 is 0 Å². The summed E-state index contributed by atoms with van der Waals surface area (Å²) in [5.74, 6) is -6.96. The molecule has 59 heavy (non-hydrogen) atoms. The summed E-state index contributed by atoms with van der Waals surface area (Å²) in [5, 5.41) is 21.7. The van der Waals surface area contributed by atoms with E-state index in [4.69, 9.17) is 9.47 Å². The summed E-state index contributed by atoms with van der Waals surface area (Å²) in [5.41, 5.74) is 3.36. The van der Waals surface area contributed by atoms with Crippen LogP contribution in [-0.2, 0) is 45.1 Å². The summed E-state index contributed by atoms with van der Waals surface area (Å²) in [7, 11) is 0. The van der Waals surface area contributed by atoms with Crippen molar-refractivity contribution in [2.45, 2.75) is 104 Å². The Hall–Kier alpha value is -5.96. The molecule has 0 bridgehead atoms. The molecule has 0 unspecified atom stereocenters. The Balaban J connectivity index is 1.57. The van der Waals surface area contributed by atoms with Crippen LogP contribution in [0.15, 0.2) is 97.1 Å². The second kappa shape index (κ2) is 21.7. The van der Waals surface area contributed by atoms with E-state index in [-0.39, 0.29) is 19.6 Å². The van der Waals surface area contributed by atoms with Gasteiger partial charge in [-0.15, -0.1) is 0 Å². The molecular weight excluding hydrogens is 763 g/mol. The van der Waals surface area contributed by atoms with E-state index in [0.29, 0.717) is 28.2 Å². The van der Waals surface area contributed by atoms with Gasteiger partial charge in [0.15, 0.2) is 0 Å². The second-order valence-electron chi connectivity index (χ2n) is 15.1.